The Balaban J connectivity index is 1.89. The van der Waals surface area contributed by atoms with Gasteiger partial charge in [0.15, 0.2) is 0 Å². The van der Waals surface area contributed by atoms with Gasteiger partial charge in [0.2, 0.25) is 11.8 Å². The van der Waals surface area contributed by atoms with E-state index in [0.29, 0.717) is 12.2 Å². The molecule has 0 heterocycles. The van der Waals surface area contributed by atoms with Gasteiger partial charge in [-0.15, -0.1) is 0 Å². The van der Waals surface area contributed by atoms with Crippen LogP contribution in [0.1, 0.15) is 24.5 Å². The molecule has 31 heavy (non-hydrogen) atoms. The van der Waals surface area contributed by atoms with Crippen LogP contribution >= 0.6 is 11.6 Å². The fourth-order valence-electron chi connectivity index (χ4n) is 2.75. The molecule has 0 saturated carbocycles. The fraction of sp³-hybridized carbons (Fsp3) is 0.286. The summed E-state index contributed by atoms with van der Waals surface area (Å²) in [6, 6.07) is 11.1. The third kappa shape index (κ3) is 7.27. The predicted octanol–water partition coefficient (Wildman–Crippen LogP) is 4.52. The number of likely N-dealkylation sites (N-methyl/N-ethyl adjacent to an activating group) is 1. The van der Waals surface area contributed by atoms with Gasteiger partial charge in [-0.1, -0.05) is 30.7 Å². The van der Waals surface area contributed by atoms with E-state index < -0.39 is 17.6 Å². The van der Waals surface area contributed by atoms with Crippen molar-refractivity contribution in [2.45, 2.75) is 19.5 Å². The molecule has 10 heteroatoms. The molecule has 0 unspecified atom stereocenters. The second-order valence-corrected chi connectivity index (χ2v) is 6.97. The minimum atomic E-state index is -4.58. The van der Waals surface area contributed by atoms with Crippen molar-refractivity contribution in [3.8, 4) is 6.07 Å². The lowest BCUT2D eigenvalue weighted by atomic mass is 10.1. The summed E-state index contributed by atoms with van der Waals surface area (Å²) >= 11 is 5.93. The second kappa shape index (κ2) is 10.8. The number of rotatable bonds is 8. The highest BCUT2D eigenvalue weighted by atomic mass is 35.5. The highest BCUT2D eigenvalue weighted by Gasteiger charge is 2.33. The molecule has 0 aliphatic carbocycles. The van der Waals surface area contributed by atoms with Gasteiger partial charge in [0.25, 0.3) is 0 Å². The van der Waals surface area contributed by atoms with Crippen molar-refractivity contribution >= 4 is 34.8 Å². The van der Waals surface area contributed by atoms with Crippen molar-refractivity contribution in [2.24, 2.45) is 0 Å². The molecule has 6 nitrogen and oxygen atoms in total. The average molecular weight is 453 g/mol. The highest BCUT2D eigenvalue weighted by Crippen LogP contribution is 2.34. The maximum atomic E-state index is 13.1. The number of hydrogen-bond acceptors (Lipinski definition) is 4. The Bertz CT molecular complexity index is 989. The molecule has 0 aliphatic heterocycles. The Morgan fingerprint density at radius 2 is 1.84 bits per heavy atom. The minimum absolute atomic E-state index is 0.0535. The van der Waals surface area contributed by atoms with Crippen LogP contribution in [0.25, 0.3) is 0 Å². The largest absolute Gasteiger partial charge is 0.418 e. The van der Waals surface area contributed by atoms with E-state index in [4.69, 9.17) is 16.9 Å². The van der Waals surface area contributed by atoms with Crippen LogP contribution in [0.15, 0.2) is 42.5 Å². The second-order valence-electron chi connectivity index (χ2n) is 6.56. The molecule has 0 aliphatic rings. The molecule has 0 atom stereocenters. The molecule has 164 valence electrons. The summed E-state index contributed by atoms with van der Waals surface area (Å²) in [5, 5.41) is 14.0. The van der Waals surface area contributed by atoms with E-state index in [1.54, 1.807) is 17.9 Å². The van der Waals surface area contributed by atoms with Crippen molar-refractivity contribution in [1.29, 1.82) is 5.26 Å². The van der Waals surface area contributed by atoms with Gasteiger partial charge < -0.3 is 10.6 Å². The lowest BCUT2D eigenvalue weighted by molar-refractivity contribution is -0.137. The molecule has 0 fully saturated rings. The number of carbonyl (C=O) groups is 2. The molecule has 0 saturated heterocycles. The maximum Gasteiger partial charge on any atom is 0.418 e. The van der Waals surface area contributed by atoms with Crippen LogP contribution in [-0.4, -0.2) is 36.3 Å². The smallest absolute Gasteiger partial charge is 0.326 e. The zero-order valence-corrected chi connectivity index (χ0v) is 17.3. The molecule has 0 spiro atoms. The summed E-state index contributed by atoms with van der Waals surface area (Å²) < 4.78 is 39.2. The van der Waals surface area contributed by atoms with E-state index >= 15 is 0 Å². The number of alkyl halides is 3. The van der Waals surface area contributed by atoms with Crippen LogP contribution in [0.4, 0.5) is 24.5 Å². The van der Waals surface area contributed by atoms with Crippen molar-refractivity contribution < 1.29 is 22.8 Å². The topological polar surface area (TPSA) is 85.2 Å². The van der Waals surface area contributed by atoms with Crippen LogP contribution in [0, 0.1) is 11.3 Å². The Hall–Kier alpha value is -3.09. The number of hydrogen-bond donors (Lipinski definition) is 2. The fourth-order valence-corrected chi connectivity index (χ4v) is 2.97. The van der Waals surface area contributed by atoms with Crippen LogP contribution < -0.4 is 10.6 Å². The average Bonchev–Trinajstić information content (AvgIpc) is 2.70. The van der Waals surface area contributed by atoms with E-state index in [1.165, 1.54) is 30.3 Å². The first kappa shape index (κ1) is 24.2. The molecule has 2 rings (SSSR count). The van der Waals surface area contributed by atoms with Gasteiger partial charge in [-0.3, -0.25) is 14.5 Å². The summed E-state index contributed by atoms with van der Waals surface area (Å²) in [5.41, 5.74) is -0.521. The third-order valence-corrected chi connectivity index (χ3v) is 4.66. The molecule has 2 N–H and O–H groups in total. The summed E-state index contributed by atoms with van der Waals surface area (Å²) in [4.78, 5) is 26.0. The first-order valence-electron chi connectivity index (χ1n) is 9.32. The number of nitriles is 1. The number of nitrogens with zero attached hydrogens (tertiary/aromatic N) is 2. The highest BCUT2D eigenvalue weighted by molar-refractivity contribution is 6.32. The summed E-state index contributed by atoms with van der Waals surface area (Å²) in [6.45, 7) is 2.25. The van der Waals surface area contributed by atoms with Gasteiger partial charge in [0.1, 0.15) is 6.07 Å². The molecular formula is C21H20ClF3N4O2. The van der Waals surface area contributed by atoms with Gasteiger partial charge >= 0.3 is 6.18 Å². The monoisotopic (exact) mass is 452 g/mol. The minimum Gasteiger partial charge on any atom is -0.326 e. The van der Waals surface area contributed by atoms with E-state index in [1.807, 2.05) is 6.07 Å². The standard InChI is InChI=1S/C21H20ClF3N4O2/c1-2-29(10-9-19(30)27-15-8-7-14(12-26)17(22)11-15)13-20(31)28-18-6-4-3-5-16(18)21(23,24)25/h3-8,11H,2,9-10,13H2,1H3,(H,27,30)(H,28,31). The lowest BCUT2D eigenvalue weighted by Crippen LogP contribution is -2.35. The number of anilines is 2. The predicted molar refractivity (Wildman–Crippen MR) is 112 cm³/mol. The summed E-state index contributed by atoms with van der Waals surface area (Å²) in [7, 11) is 0. The zero-order valence-electron chi connectivity index (χ0n) is 16.6. The van der Waals surface area contributed by atoms with Gasteiger partial charge in [0, 0.05) is 18.7 Å². The Morgan fingerprint density at radius 3 is 2.45 bits per heavy atom. The van der Waals surface area contributed by atoms with Crippen molar-refractivity contribution in [2.75, 3.05) is 30.3 Å². The molecule has 2 aromatic carbocycles. The molecule has 0 aromatic heterocycles. The van der Waals surface area contributed by atoms with Gasteiger partial charge in [0.05, 0.1) is 28.4 Å². The van der Waals surface area contributed by atoms with E-state index in [2.05, 4.69) is 10.6 Å². The third-order valence-electron chi connectivity index (χ3n) is 4.35. The number of benzene rings is 2. The van der Waals surface area contributed by atoms with Crippen molar-refractivity contribution in [3.05, 3.63) is 58.6 Å². The van der Waals surface area contributed by atoms with E-state index in [-0.39, 0.29) is 41.7 Å². The molecule has 2 amide bonds. The van der Waals surface area contributed by atoms with Gasteiger partial charge in [-0.05, 0) is 36.9 Å². The number of nitrogens with one attached hydrogen (secondary N) is 2. The Labute approximate surface area is 182 Å². The molecular weight excluding hydrogens is 433 g/mol. The molecule has 0 bridgehead atoms. The van der Waals surface area contributed by atoms with Crippen molar-refractivity contribution in [3.63, 3.8) is 0 Å². The Kier molecular flexibility index (Phi) is 8.42. The number of para-hydroxylation sites is 1. The van der Waals surface area contributed by atoms with Gasteiger partial charge in [-0.25, -0.2) is 0 Å². The van der Waals surface area contributed by atoms with Gasteiger partial charge in [-0.2, -0.15) is 18.4 Å². The SMILES string of the molecule is CCN(CCC(=O)Nc1ccc(C#N)c(Cl)c1)CC(=O)Nc1ccccc1C(F)(F)F. The van der Waals surface area contributed by atoms with E-state index in [0.717, 1.165) is 6.07 Å². The van der Waals surface area contributed by atoms with Crippen molar-refractivity contribution in [1.82, 2.24) is 4.90 Å². The quantitative estimate of drug-likeness (QED) is 0.616. The van der Waals surface area contributed by atoms with Crippen LogP contribution in [0.5, 0.6) is 0 Å². The normalized spacial score (nSPS) is 11.1. The first-order valence-corrected chi connectivity index (χ1v) is 9.69. The first-order chi connectivity index (χ1) is 14.6. The van der Waals surface area contributed by atoms with E-state index in [9.17, 15) is 22.8 Å². The lowest BCUT2D eigenvalue weighted by Gasteiger charge is -2.20. The maximum absolute atomic E-state index is 13.1. The zero-order chi connectivity index (χ0) is 23.0. The summed E-state index contributed by atoms with van der Waals surface area (Å²) in [6.07, 6.45) is -4.53. The summed E-state index contributed by atoms with van der Waals surface area (Å²) in [5.74, 6) is -0.945. The van der Waals surface area contributed by atoms with Crippen LogP contribution in [-0.2, 0) is 15.8 Å². The van der Waals surface area contributed by atoms with Crippen LogP contribution in [0.3, 0.4) is 0 Å². The molecule has 2 aromatic rings. The number of halogens is 4. The Morgan fingerprint density at radius 1 is 1.13 bits per heavy atom. The van der Waals surface area contributed by atoms with Crippen LogP contribution in [0.2, 0.25) is 5.02 Å². The number of amides is 2. The molecule has 0 radical (unpaired) electrons. The number of carbonyl (C=O) groups excluding carboxylic acids is 2.